The molecule has 7 heteroatoms. The van der Waals surface area contributed by atoms with Gasteiger partial charge in [-0.2, -0.15) is 5.10 Å². The first-order valence-corrected chi connectivity index (χ1v) is 8.65. The molecule has 2 aromatic carbocycles. The second-order valence-electron chi connectivity index (χ2n) is 5.77. The minimum absolute atomic E-state index is 0.335. The van der Waals surface area contributed by atoms with Gasteiger partial charge >= 0.3 is 5.97 Å². The number of benzene rings is 2. The van der Waals surface area contributed by atoms with Gasteiger partial charge in [-0.15, -0.1) is 0 Å². The lowest BCUT2D eigenvalue weighted by Crippen LogP contribution is -2.17. The topological polar surface area (TPSA) is 90.1 Å². The van der Waals surface area contributed by atoms with Crippen LogP contribution in [0.25, 0.3) is 6.08 Å². The standard InChI is InChI=1S/C22H18N2O5/c1-27-18-10-6-17(7-11-18)22(26)24-23-15-16-4-8-20(9-5-16)29-21(25)13-12-19-3-2-14-28-19/h2-15H,1H3,(H,24,26)/b13-12+,23-15-. The predicted octanol–water partition coefficient (Wildman–Crippen LogP) is 3.67. The highest BCUT2D eigenvalue weighted by Crippen LogP contribution is 2.13. The molecule has 146 valence electrons. The van der Waals surface area contributed by atoms with Crippen LogP contribution in [0.5, 0.6) is 11.5 Å². The molecular weight excluding hydrogens is 372 g/mol. The highest BCUT2D eigenvalue weighted by Gasteiger charge is 2.04. The van der Waals surface area contributed by atoms with E-state index in [0.29, 0.717) is 22.8 Å². The fourth-order valence-electron chi connectivity index (χ4n) is 2.28. The molecular formula is C22H18N2O5. The van der Waals surface area contributed by atoms with Crippen molar-refractivity contribution < 1.29 is 23.5 Å². The van der Waals surface area contributed by atoms with E-state index in [9.17, 15) is 9.59 Å². The number of hydrogen-bond acceptors (Lipinski definition) is 6. The zero-order valence-corrected chi connectivity index (χ0v) is 15.6. The van der Waals surface area contributed by atoms with Gasteiger partial charge in [0, 0.05) is 11.6 Å². The van der Waals surface area contributed by atoms with E-state index in [1.807, 2.05) is 0 Å². The number of carbonyl (C=O) groups excluding carboxylic acids is 2. The zero-order chi connectivity index (χ0) is 20.5. The Morgan fingerprint density at radius 1 is 1.00 bits per heavy atom. The number of rotatable bonds is 7. The summed E-state index contributed by atoms with van der Waals surface area (Å²) in [6, 6.07) is 16.8. The van der Waals surface area contributed by atoms with Crippen LogP contribution in [0.4, 0.5) is 0 Å². The van der Waals surface area contributed by atoms with Gasteiger partial charge in [-0.05, 0) is 72.3 Å². The summed E-state index contributed by atoms with van der Waals surface area (Å²) in [6.45, 7) is 0. The molecule has 0 radical (unpaired) electrons. The molecule has 0 saturated heterocycles. The summed E-state index contributed by atoms with van der Waals surface area (Å²) in [5, 5.41) is 3.92. The molecule has 0 aliphatic carbocycles. The highest BCUT2D eigenvalue weighted by molar-refractivity contribution is 5.95. The third-order valence-corrected chi connectivity index (χ3v) is 3.76. The van der Waals surface area contributed by atoms with Crippen LogP contribution in [0.1, 0.15) is 21.7 Å². The Kier molecular flexibility index (Phi) is 6.57. The lowest BCUT2D eigenvalue weighted by Gasteiger charge is -2.03. The molecule has 29 heavy (non-hydrogen) atoms. The summed E-state index contributed by atoms with van der Waals surface area (Å²) < 4.78 is 15.3. The molecule has 0 spiro atoms. The molecule has 0 aliphatic rings. The molecule has 0 saturated carbocycles. The van der Waals surface area contributed by atoms with Crippen molar-refractivity contribution in [2.75, 3.05) is 7.11 Å². The molecule has 1 aromatic heterocycles. The smallest absolute Gasteiger partial charge is 0.336 e. The van der Waals surface area contributed by atoms with Gasteiger partial charge in [-0.25, -0.2) is 10.2 Å². The Hall–Kier alpha value is -4.13. The van der Waals surface area contributed by atoms with Crippen molar-refractivity contribution in [1.82, 2.24) is 5.43 Å². The average molecular weight is 390 g/mol. The third-order valence-electron chi connectivity index (χ3n) is 3.76. The number of nitrogens with one attached hydrogen (secondary N) is 1. The van der Waals surface area contributed by atoms with Crippen LogP contribution in [-0.4, -0.2) is 25.2 Å². The van der Waals surface area contributed by atoms with Crippen LogP contribution in [0.2, 0.25) is 0 Å². The van der Waals surface area contributed by atoms with Gasteiger partial charge in [-0.1, -0.05) is 0 Å². The first kappa shape index (κ1) is 19.6. The molecule has 7 nitrogen and oxygen atoms in total. The number of hydrogen-bond donors (Lipinski definition) is 1. The Morgan fingerprint density at radius 3 is 2.38 bits per heavy atom. The Bertz CT molecular complexity index is 1000. The van der Waals surface area contributed by atoms with Crippen molar-refractivity contribution in [2.24, 2.45) is 5.10 Å². The maximum atomic E-state index is 12.0. The molecule has 1 N–H and O–H groups in total. The first-order chi connectivity index (χ1) is 14.1. The summed E-state index contributed by atoms with van der Waals surface area (Å²) in [5.74, 6) is 0.762. The fourth-order valence-corrected chi connectivity index (χ4v) is 2.28. The number of carbonyl (C=O) groups is 2. The van der Waals surface area contributed by atoms with E-state index in [1.54, 1.807) is 67.8 Å². The Balaban J connectivity index is 1.50. The fraction of sp³-hybridized carbons (Fsp3) is 0.0455. The van der Waals surface area contributed by atoms with Crippen LogP contribution in [0.15, 0.2) is 82.5 Å². The van der Waals surface area contributed by atoms with Gasteiger partial charge in [0.2, 0.25) is 0 Å². The second-order valence-corrected chi connectivity index (χ2v) is 5.77. The normalized spacial score (nSPS) is 10.9. The van der Waals surface area contributed by atoms with Crippen LogP contribution in [0.3, 0.4) is 0 Å². The SMILES string of the molecule is COc1ccc(C(=O)N/N=C\c2ccc(OC(=O)/C=C/c3ccco3)cc2)cc1. The summed E-state index contributed by atoms with van der Waals surface area (Å²) in [7, 11) is 1.56. The summed E-state index contributed by atoms with van der Waals surface area (Å²) in [6.07, 6.45) is 5.81. The van der Waals surface area contributed by atoms with E-state index in [-0.39, 0.29) is 5.91 Å². The summed E-state index contributed by atoms with van der Waals surface area (Å²) in [4.78, 5) is 23.8. The van der Waals surface area contributed by atoms with Crippen molar-refractivity contribution in [1.29, 1.82) is 0 Å². The first-order valence-electron chi connectivity index (χ1n) is 8.65. The summed E-state index contributed by atoms with van der Waals surface area (Å²) >= 11 is 0. The monoisotopic (exact) mass is 390 g/mol. The van der Waals surface area contributed by atoms with E-state index in [2.05, 4.69) is 10.5 Å². The van der Waals surface area contributed by atoms with E-state index in [0.717, 1.165) is 5.56 Å². The number of nitrogens with zero attached hydrogens (tertiary/aromatic N) is 1. The molecule has 0 fully saturated rings. The predicted molar refractivity (Wildman–Crippen MR) is 108 cm³/mol. The van der Waals surface area contributed by atoms with Crippen LogP contribution in [0, 0.1) is 0 Å². The van der Waals surface area contributed by atoms with Gasteiger partial charge in [0.05, 0.1) is 19.6 Å². The second kappa shape index (κ2) is 9.70. The number of esters is 1. The van der Waals surface area contributed by atoms with Gasteiger partial charge in [-0.3, -0.25) is 4.79 Å². The maximum absolute atomic E-state index is 12.0. The highest BCUT2D eigenvalue weighted by atomic mass is 16.5. The minimum Gasteiger partial charge on any atom is -0.497 e. The van der Waals surface area contributed by atoms with E-state index in [4.69, 9.17) is 13.9 Å². The molecule has 3 rings (SSSR count). The molecule has 0 aliphatic heterocycles. The molecule has 3 aromatic rings. The van der Waals surface area contributed by atoms with Gasteiger partial charge in [0.1, 0.15) is 17.3 Å². The van der Waals surface area contributed by atoms with Crippen molar-refractivity contribution >= 4 is 24.2 Å². The molecule has 1 heterocycles. The number of ether oxygens (including phenoxy) is 2. The van der Waals surface area contributed by atoms with Crippen LogP contribution >= 0.6 is 0 Å². The maximum Gasteiger partial charge on any atom is 0.336 e. The Labute approximate surface area is 167 Å². The van der Waals surface area contributed by atoms with Crippen molar-refractivity contribution in [3.63, 3.8) is 0 Å². The third kappa shape index (κ3) is 5.93. The van der Waals surface area contributed by atoms with Gasteiger partial charge in [0.15, 0.2) is 0 Å². The molecule has 0 atom stereocenters. The van der Waals surface area contributed by atoms with Crippen molar-refractivity contribution in [2.45, 2.75) is 0 Å². The number of amides is 1. The number of furan rings is 1. The molecule has 0 unspecified atom stereocenters. The van der Waals surface area contributed by atoms with Gasteiger partial charge < -0.3 is 13.9 Å². The van der Waals surface area contributed by atoms with Crippen molar-refractivity contribution in [3.8, 4) is 11.5 Å². The van der Waals surface area contributed by atoms with E-state index < -0.39 is 5.97 Å². The van der Waals surface area contributed by atoms with Gasteiger partial charge in [0.25, 0.3) is 5.91 Å². The van der Waals surface area contributed by atoms with Crippen LogP contribution < -0.4 is 14.9 Å². The summed E-state index contributed by atoms with van der Waals surface area (Å²) in [5.41, 5.74) is 3.64. The number of hydrazone groups is 1. The lowest BCUT2D eigenvalue weighted by atomic mass is 10.2. The van der Waals surface area contributed by atoms with E-state index in [1.165, 1.54) is 24.6 Å². The average Bonchev–Trinajstić information content (AvgIpc) is 3.27. The molecule has 0 bridgehead atoms. The quantitative estimate of drug-likeness (QED) is 0.219. The minimum atomic E-state index is -0.519. The largest absolute Gasteiger partial charge is 0.497 e. The Morgan fingerprint density at radius 2 is 1.72 bits per heavy atom. The zero-order valence-electron chi connectivity index (χ0n) is 15.6. The molecule has 1 amide bonds. The van der Waals surface area contributed by atoms with Crippen LogP contribution in [-0.2, 0) is 4.79 Å². The van der Waals surface area contributed by atoms with Crippen molar-refractivity contribution in [3.05, 3.63) is 89.9 Å². The number of methoxy groups -OCH3 is 1. The lowest BCUT2D eigenvalue weighted by molar-refractivity contribution is -0.128. The van der Waals surface area contributed by atoms with E-state index >= 15 is 0 Å².